The van der Waals surface area contributed by atoms with Crippen LogP contribution in [0.3, 0.4) is 0 Å². The van der Waals surface area contributed by atoms with Gasteiger partial charge >= 0.3 is 0 Å². The molecule has 1 aromatic rings. The number of halogens is 3. The van der Waals surface area contributed by atoms with Gasteiger partial charge in [0, 0.05) is 15.6 Å². The van der Waals surface area contributed by atoms with E-state index in [-0.39, 0.29) is 10.9 Å². The van der Waals surface area contributed by atoms with Crippen LogP contribution in [0.1, 0.15) is 32.8 Å². The predicted octanol–water partition coefficient (Wildman–Crippen LogP) is 4.46. The molecule has 1 nitrogen and oxygen atoms in total. The third-order valence-electron chi connectivity index (χ3n) is 3.25. The van der Waals surface area contributed by atoms with Crippen molar-refractivity contribution in [2.24, 2.45) is 11.7 Å². The van der Waals surface area contributed by atoms with Crippen molar-refractivity contribution in [1.29, 1.82) is 0 Å². The molecule has 0 fully saturated rings. The summed E-state index contributed by atoms with van der Waals surface area (Å²) in [5.74, 6) is -0.249. The SMILES string of the molecule is CCC(C)C(C)(N)c1ccc(Br)c(Cl)c1F. The van der Waals surface area contributed by atoms with Gasteiger partial charge in [-0.3, -0.25) is 0 Å². The maximum atomic E-state index is 14.0. The zero-order valence-corrected chi connectivity index (χ0v) is 12.0. The second-order valence-electron chi connectivity index (χ2n) is 4.31. The van der Waals surface area contributed by atoms with Crippen LogP contribution in [0.2, 0.25) is 5.02 Å². The van der Waals surface area contributed by atoms with Gasteiger partial charge in [0.25, 0.3) is 0 Å². The van der Waals surface area contributed by atoms with Crippen LogP contribution in [0.15, 0.2) is 16.6 Å². The summed E-state index contributed by atoms with van der Waals surface area (Å²) in [6.45, 7) is 5.88. The molecule has 0 aliphatic carbocycles. The van der Waals surface area contributed by atoms with Gasteiger partial charge in [-0.05, 0) is 34.8 Å². The van der Waals surface area contributed by atoms with Gasteiger partial charge in [-0.25, -0.2) is 4.39 Å². The van der Waals surface area contributed by atoms with Crippen LogP contribution in [-0.4, -0.2) is 0 Å². The standard InChI is InChI=1S/C12H16BrClFN/c1-4-7(2)12(3,16)8-5-6-9(13)10(14)11(8)15/h5-7H,4,16H2,1-3H3. The zero-order chi connectivity index (χ0) is 12.5. The third kappa shape index (κ3) is 2.41. The summed E-state index contributed by atoms with van der Waals surface area (Å²) in [6, 6.07) is 3.42. The lowest BCUT2D eigenvalue weighted by Crippen LogP contribution is -2.40. The summed E-state index contributed by atoms with van der Waals surface area (Å²) < 4.78 is 14.6. The van der Waals surface area contributed by atoms with Crippen molar-refractivity contribution >= 4 is 27.5 Å². The van der Waals surface area contributed by atoms with Crippen LogP contribution >= 0.6 is 27.5 Å². The highest BCUT2D eigenvalue weighted by Crippen LogP contribution is 2.35. The van der Waals surface area contributed by atoms with Crippen LogP contribution in [0.4, 0.5) is 4.39 Å². The van der Waals surface area contributed by atoms with Crippen LogP contribution in [0.5, 0.6) is 0 Å². The monoisotopic (exact) mass is 307 g/mol. The van der Waals surface area contributed by atoms with Crippen molar-refractivity contribution in [2.75, 3.05) is 0 Å². The van der Waals surface area contributed by atoms with Gasteiger partial charge in [0.05, 0.1) is 5.02 Å². The van der Waals surface area contributed by atoms with E-state index < -0.39 is 11.4 Å². The Morgan fingerprint density at radius 1 is 1.56 bits per heavy atom. The van der Waals surface area contributed by atoms with Gasteiger partial charge in [0.1, 0.15) is 5.82 Å². The Morgan fingerprint density at radius 2 is 2.12 bits per heavy atom. The smallest absolute Gasteiger partial charge is 0.147 e. The van der Waals surface area contributed by atoms with Crippen LogP contribution in [-0.2, 0) is 5.54 Å². The van der Waals surface area contributed by atoms with Crippen molar-refractivity contribution < 1.29 is 4.39 Å². The zero-order valence-electron chi connectivity index (χ0n) is 9.65. The normalized spacial score (nSPS) is 16.9. The Bertz CT molecular complexity index is 393. The van der Waals surface area contributed by atoms with Crippen molar-refractivity contribution in [3.8, 4) is 0 Å². The molecule has 0 aliphatic heterocycles. The molecule has 4 heteroatoms. The summed E-state index contributed by atoms with van der Waals surface area (Å²) in [7, 11) is 0. The molecule has 1 rings (SSSR count). The molecule has 0 radical (unpaired) electrons. The molecule has 0 saturated carbocycles. The minimum absolute atomic E-state index is 0.0949. The third-order valence-corrected chi connectivity index (χ3v) is 4.51. The molecule has 0 heterocycles. The lowest BCUT2D eigenvalue weighted by Gasteiger charge is -2.32. The topological polar surface area (TPSA) is 26.0 Å². The second kappa shape index (κ2) is 5.03. The van der Waals surface area contributed by atoms with Gasteiger partial charge < -0.3 is 5.73 Å². The second-order valence-corrected chi connectivity index (χ2v) is 5.55. The molecule has 0 bridgehead atoms. The van der Waals surface area contributed by atoms with E-state index in [0.717, 1.165) is 6.42 Å². The lowest BCUT2D eigenvalue weighted by molar-refractivity contribution is 0.305. The molecule has 0 aromatic heterocycles. The summed E-state index contributed by atoms with van der Waals surface area (Å²) >= 11 is 9.05. The van der Waals surface area contributed by atoms with Crippen LogP contribution < -0.4 is 5.73 Å². The number of rotatable bonds is 3. The van der Waals surface area contributed by atoms with Crippen molar-refractivity contribution in [1.82, 2.24) is 0 Å². The van der Waals surface area contributed by atoms with E-state index in [2.05, 4.69) is 15.9 Å². The van der Waals surface area contributed by atoms with E-state index in [1.54, 1.807) is 12.1 Å². The van der Waals surface area contributed by atoms with Crippen LogP contribution in [0.25, 0.3) is 0 Å². The molecule has 0 spiro atoms. The highest BCUT2D eigenvalue weighted by molar-refractivity contribution is 9.10. The summed E-state index contributed by atoms with van der Waals surface area (Å²) in [6.07, 6.45) is 0.889. The fourth-order valence-corrected chi connectivity index (χ4v) is 2.10. The highest BCUT2D eigenvalue weighted by atomic mass is 79.9. The minimum Gasteiger partial charge on any atom is -0.321 e. The first kappa shape index (κ1) is 13.9. The Kier molecular flexibility index (Phi) is 4.38. The first-order valence-corrected chi connectivity index (χ1v) is 6.42. The van der Waals surface area contributed by atoms with E-state index in [0.29, 0.717) is 10.0 Å². The van der Waals surface area contributed by atoms with Gasteiger partial charge in [0.2, 0.25) is 0 Å². The molecule has 16 heavy (non-hydrogen) atoms. The van der Waals surface area contributed by atoms with Gasteiger partial charge in [-0.2, -0.15) is 0 Å². The molecule has 0 saturated heterocycles. The predicted molar refractivity (Wildman–Crippen MR) is 70.1 cm³/mol. The Balaban J connectivity index is 3.29. The molecule has 2 atom stereocenters. The van der Waals surface area contributed by atoms with Crippen molar-refractivity contribution in [3.63, 3.8) is 0 Å². The van der Waals surface area contributed by atoms with E-state index in [1.807, 2.05) is 20.8 Å². The van der Waals surface area contributed by atoms with Crippen molar-refractivity contribution in [3.05, 3.63) is 33.0 Å². The largest absolute Gasteiger partial charge is 0.321 e. The fraction of sp³-hybridized carbons (Fsp3) is 0.500. The number of nitrogens with two attached hydrogens (primary N) is 1. The van der Waals surface area contributed by atoms with E-state index in [4.69, 9.17) is 17.3 Å². The molecule has 2 unspecified atom stereocenters. The van der Waals surface area contributed by atoms with E-state index in [1.165, 1.54) is 0 Å². The highest BCUT2D eigenvalue weighted by Gasteiger charge is 2.31. The average Bonchev–Trinajstić information content (AvgIpc) is 2.24. The molecular formula is C12H16BrClFN. The van der Waals surface area contributed by atoms with E-state index in [9.17, 15) is 4.39 Å². The molecular weight excluding hydrogens is 292 g/mol. The first-order chi connectivity index (χ1) is 7.32. The minimum atomic E-state index is -0.705. The first-order valence-electron chi connectivity index (χ1n) is 5.25. The Labute approximate surface area is 109 Å². The molecule has 90 valence electrons. The molecule has 0 aliphatic rings. The fourth-order valence-electron chi connectivity index (χ4n) is 1.63. The van der Waals surface area contributed by atoms with Crippen LogP contribution in [0, 0.1) is 11.7 Å². The molecule has 0 amide bonds. The number of benzene rings is 1. The Morgan fingerprint density at radius 3 is 2.62 bits per heavy atom. The summed E-state index contributed by atoms with van der Waals surface area (Å²) in [5, 5.41) is 0.0949. The quantitative estimate of drug-likeness (QED) is 0.820. The summed E-state index contributed by atoms with van der Waals surface area (Å²) in [5.41, 5.74) is 5.96. The van der Waals surface area contributed by atoms with Gasteiger partial charge in [0.15, 0.2) is 0 Å². The number of hydrogen-bond acceptors (Lipinski definition) is 1. The molecule has 1 aromatic carbocycles. The van der Waals surface area contributed by atoms with E-state index >= 15 is 0 Å². The van der Waals surface area contributed by atoms with Crippen molar-refractivity contribution in [2.45, 2.75) is 32.7 Å². The number of hydrogen-bond donors (Lipinski definition) is 1. The Hall–Kier alpha value is -0.120. The summed E-state index contributed by atoms with van der Waals surface area (Å²) in [4.78, 5) is 0. The maximum absolute atomic E-state index is 14.0. The van der Waals surface area contributed by atoms with Gasteiger partial charge in [-0.15, -0.1) is 0 Å². The van der Waals surface area contributed by atoms with Gasteiger partial charge in [-0.1, -0.05) is 37.9 Å². The molecule has 2 N–H and O–H groups in total. The maximum Gasteiger partial charge on any atom is 0.147 e. The average molecular weight is 309 g/mol. The lowest BCUT2D eigenvalue weighted by atomic mass is 9.80.